The van der Waals surface area contributed by atoms with Crippen molar-refractivity contribution in [3.05, 3.63) is 42.1 Å². The van der Waals surface area contributed by atoms with Crippen molar-refractivity contribution in [1.82, 2.24) is 10.3 Å². The fourth-order valence-corrected chi connectivity index (χ4v) is 6.88. The minimum absolute atomic E-state index is 0.0332. The Kier molecular flexibility index (Phi) is 6.04. The van der Waals surface area contributed by atoms with Crippen molar-refractivity contribution in [3.63, 3.8) is 0 Å². The average molecular weight is 542 g/mol. The highest BCUT2D eigenvalue weighted by atomic mass is 19.4. The number of carbonyl (C=O) groups excluding carboxylic acids is 1. The van der Waals surface area contributed by atoms with Crippen LogP contribution in [0.25, 0.3) is 0 Å². The van der Waals surface area contributed by atoms with Gasteiger partial charge in [0.05, 0.1) is 36.7 Å². The zero-order valence-corrected chi connectivity index (χ0v) is 21.8. The lowest BCUT2D eigenvalue weighted by atomic mass is 9.84. The number of pyridine rings is 1. The Labute approximate surface area is 226 Å². The number of piperidine rings is 1. The Hall–Kier alpha value is -2.85. The molecule has 1 aromatic carbocycles. The predicted molar refractivity (Wildman–Crippen MR) is 142 cm³/mol. The number of aromatic nitrogens is 1. The smallest absolute Gasteiger partial charge is 0.374 e. The molecular weight excluding hydrogens is 507 g/mol. The molecule has 2 saturated carbocycles. The average Bonchev–Trinajstić information content (AvgIpc) is 3.76. The molecule has 6 aliphatic rings. The fraction of sp³-hybridized carbons (Fsp3) is 0.586. The van der Waals surface area contributed by atoms with Crippen LogP contribution in [0, 0.1) is 5.92 Å². The van der Waals surface area contributed by atoms with Crippen LogP contribution in [0.4, 0.5) is 36.1 Å². The van der Waals surface area contributed by atoms with Crippen LogP contribution >= 0.6 is 0 Å². The maximum Gasteiger partial charge on any atom is 0.406 e. The monoisotopic (exact) mass is 541 g/mol. The van der Waals surface area contributed by atoms with Gasteiger partial charge in [0.2, 0.25) is 5.91 Å². The molecule has 208 valence electrons. The number of halogens is 3. The van der Waals surface area contributed by atoms with E-state index in [-0.39, 0.29) is 36.8 Å². The second kappa shape index (κ2) is 9.37. The minimum atomic E-state index is -4.22. The third-order valence-corrected chi connectivity index (χ3v) is 9.38. The van der Waals surface area contributed by atoms with Crippen LogP contribution in [0.2, 0.25) is 0 Å². The first-order valence-electron chi connectivity index (χ1n) is 14.2. The number of fused-ring (bicyclic) bond motifs is 5. The van der Waals surface area contributed by atoms with Crippen molar-refractivity contribution < 1.29 is 22.7 Å². The van der Waals surface area contributed by atoms with E-state index in [0.29, 0.717) is 38.3 Å². The van der Waals surface area contributed by atoms with Gasteiger partial charge in [-0.3, -0.25) is 4.79 Å². The zero-order valence-electron chi connectivity index (χ0n) is 21.8. The molecule has 0 radical (unpaired) electrons. The SMILES string of the molecule is O=C([C@H]1CC[C@H](NC2(C(F)(F)F)CC2)CC1)N1Cc2cccnc2Nc2ccc(N3CC4CCC3CO4)cc21. The highest BCUT2D eigenvalue weighted by Crippen LogP contribution is 2.50. The summed E-state index contributed by atoms with van der Waals surface area (Å²) in [5.74, 6) is 0.547. The topological polar surface area (TPSA) is 69.7 Å². The number of carbonyl (C=O) groups is 1. The molecule has 2 N–H and O–H groups in total. The number of morpholine rings is 1. The first kappa shape index (κ1) is 25.1. The van der Waals surface area contributed by atoms with Gasteiger partial charge in [-0.25, -0.2) is 4.98 Å². The molecular formula is C29H34F3N5O2. The van der Waals surface area contributed by atoms with Gasteiger partial charge in [-0.2, -0.15) is 13.2 Å². The van der Waals surface area contributed by atoms with E-state index in [2.05, 4.69) is 32.7 Å². The van der Waals surface area contributed by atoms with E-state index in [4.69, 9.17) is 4.74 Å². The van der Waals surface area contributed by atoms with Gasteiger partial charge in [-0.1, -0.05) is 6.07 Å². The van der Waals surface area contributed by atoms with Crippen molar-refractivity contribution in [2.75, 3.05) is 28.3 Å². The molecule has 2 bridgehead atoms. The molecule has 2 unspecified atom stereocenters. The standard InChI is InChI=1S/C29H34F3N5O2/c30-29(31,32)28(11-12-28)35-20-5-3-18(4-6-20)27(38)37-15-19-2-1-13-33-26(19)34-24-10-8-21(14-25(24)37)36-16-23-9-7-22(36)17-39-23/h1-2,8,10,13-14,18,20,22-23,35H,3-7,9,11-12,15-17H2,(H,33,34)/t18-,20-,22?,23?. The van der Waals surface area contributed by atoms with Gasteiger partial charge in [-0.05, 0) is 75.6 Å². The number of ether oxygens (including phenoxy) is 1. The Morgan fingerprint density at radius 2 is 1.92 bits per heavy atom. The molecule has 4 aliphatic heterocycles. The van der Waals surface area contributed by atoms with E-state index in [0.717, 1.165) is 54.4 Å². The molecule has 39 heavy (non-hydrogen) atoms. The van der Waals surface area contributed by atoms with Crippen LogP contribution in [-0.2, 0) is 16.1 Å². The number of alkyl halides is 3. The third-order valence-electron chi connectivity index (χ3n) is 9.38. The number of rotatable bonds is 4. The normalized spacial score (nSPS) is 29.2. The van der Waals surface area contributed by atoms with E-state index in [1.165, 1.54) is 0 Å². The van der Waals surface area contributed by atoms with Crippen LogP contribution in [0.1, 0.15) is 56.9 Å². The molecule has 1 aromatic heterocycles. The fourth-order valence-electron chi connectivity index (χ4n) is 6.88. The molecule has 0 spiro atoms. The number of hydrogen-bond acceptors (Lipinski definition) is 6. The van der Waals surface area contributed by atoms with Gasteiger partial charge < -0.3 is 25.2 Å². The quantitative estimate of drug-likeness (QED) is 0.549. The summed E-state index contributed by atoms with van der Waals surface area (Å²) in [6, 6.07) is 10.2. The lowest BCUT2D eigenvalue weighted by molar-refractivity contribution is -0.168. The zero-order chi connectivity index (χ0) is 26.8. The third kappa shape index (κ3) is 4.55. The number of amides is 1. The number of benzene rings is 1. The summed E-state index contributed by atoms with van der Waals surface area (Å²) in [7, 11) is 0. The van der Waals surface area contributed by atoms with Gasteiger partial charge in [0.15, 0.2) is 0 Å². The Morgan fingerprint density at radius 3 is 2.59 bits per heavy atom. The molecule has 2 atom stereocenters. The summed E-state index contributed by atoms with van der Waals surface area (Å²) in [5, 5.41) is 6.34. The van der Waals surface area contributed by atoms with Crippen LogP contribution in [-0.4, -0.2) is 53.9 Å². The summed E-state index contributed by atoms with van der Waals surface area (Å²) in [5.41, 5.74) is 1.97. The van der Waals surface area contributed by atoms with Crippen molar-refractivity contribution in [3.8, 4) is 0 Å². The largest absolute Gasteiger partial charge is 0.406 e. The van der Waals surface area contributed by atoms with E-state index in [9.17, 15) is 18.0 Å². The van der Waals surface area contributed by atoms with E-state index < -0.39 is 11.7 Å². The van der Waals surface area contributed by atoms with Crippen LogP contribution < -0.4 is 20.4 Å². The van der Waals surface area contributed by atoms with Crippen molar-refractivity contribution in [2.24, 2.45) is 5.92 Å². The summed E-state index contributed by atoms with van der Waals surface area (Å²) < 4.78 is 46.3. The van der Waals surface area contributed by atoms with E-state index in [1.807, 2.05) is 23.1 Å². The van der Waals surface area contributed by atoms with Crippen LogP contribution in [0.5, 0.6) is 0 Å². The van der Waals surface area contributed by atoms with E-state index in [1.54, 1.807) is 6.20 Å². The highest BCUT2D eigenvalue weighted by Gasteiger charge is 2.63. The molecule has 5 heterocycles. The Morgan fingerprint density at radius 1 is 1.10 bits per heavy atom. The van der Waals surface area contributed by atoms with Crippen LogP contribution in [0.15, 0.2) is 36.5 Å². The number of nitrogens with one attached hydrogen (secondary N) is 2. The predicted octanol–water partition coefficient (Wildman–Crippen LogP) is 5.28. The van der Waals surface area contributed by atoms with Gasteiger partial charge >= 0.3 is 6.18 Å². The molecule has 5 fully saturated rings. The second-order valence-corrected chi connectivity index (χ2v) is 11.9. The summed E-state index contributed by atoms with van der Waals surface area (Å²) in [4.78, 5) is 22.9. The van der Waals surface area contributed by atoms with Gasteiger partial charge in [0.25, 0.3) is 0 Å². The molecule has 2 aromatic rings. The lowest BCUT2D eigenvalue weighted by Gasteiger charge is -2.46. The van der Waals surface area contributed by atoms with Gasteiger partial charge in [0, 0.05) is 36.0 Å². The molecule has 10 heteroatoms. The van der Waals surface area contributed by atoms with Crippen molar-refractivity contribution >= 4 is 28.8 Å². The molecule has 7 nitrogen and oxygen atoms in total. The molecule has 2 aliphatic carbocycles. The Balaban J connectivity index is 1.13. The maximum atomic E-state index is 14.1. The first-order chi connectivity index (χ1) is 18.8. The molecule has 3 saturated heterocycles. The highest BCUT2D eigenvalue weighted by molar-refractivity contribution is 6.00. The summed E-state index contributed by atoms with van der Waals surface area (Å²) >= 11 is 0. The van der Waals surface area contributed by atoms with Crippen LogP contribution in [0.3, 0.4) is 0 Å². The maximum absolute atomic E-state index is 14.1. The lowest BCUT2D eigenvalue weighted by Crippen LogP contribution is -2.54. The second-order valence-electron chi connectivity index (χ2n) is 11.9. The van der Waals surface area contributed by atoms with Gasteiger partial charge in [0.1, 0.15) is 11.4 Å². The number of anilines is 4. The molecule has 8 rings (SSSR count). The van der Waals surface area contributed by atoms with Crippen molar-refractivity contribution in [2.45, 2.75) is 87.8 Å². The number of nitrogens with zero attached hydrogens (tertiary/aromatic N) is 3. The molecule has 1 amide bonds. The number of hydrogen-bond donors (Lipinski definition) is 2. The first-order valence-corrected chi connectivity index (χ1v) is 14.2. The van der Waals surface area contributed by atoms with Gasteiger partial charge in [-0.15, -0.1) is 0 Å². The minimum Gasteiger partial charge on any atom is -0.374 e. The van der Waals surface area contributed by atoms with Crippen molar-refractivity contribution in [1.29, 1.82) is 0 Å². The summed E-state index contributed by atoms with van der Waals surface area (Å²) in [6.45, 7) is 1.98. The van der Waals surface area contributed by atoms with E-state index >= 15 is 0 Å². The Bertz CT molecular complexity index is 1250. The summed E-state index contributed by atoms with van der Waals surface area (Å²) in [6.07, 6.45) is 2.55.